The van der Waals surface area contributed by atoms with Gasteiger partial charge in [0.15, 0.2) is 0 Å². The number of likely N-dealkylation sites (N-methyl/N-ethyl adjacent to an activating group) is 1. The van der Waals surface area contributed by atoms with Gasteiger partial charge in [0.1, 0.15) is 5.75 Å². The first kappa shape index (κ1) is 18.2. The van der Waals surface area contributed by atoms with Gasteiger partial charge >= 0.3 is 0 Å². The van der Waals surface area contributed by atoms with E-state index in [9.17, 15) is 0 Å². The van der Waals surface area contributed by atoms with Crippen LogP contribution in [0.5, 0.6) is 5.75 Å². The summed E-state index contributed by atoms with van der Waals surface area (Å²) in [5.41, 5.74) is 4.81. The summed E-state index contributed by atoms with van der Waals surface area (Å²) in [5, 5.41) is 18.3. The van der Waals surface area contributed by atoms with Crippen molar-refractivity contribution in [2.75, 3.05) is 40.3 Å². The highest BCUT2D eigenvalue weighted by Gasteiger charge is 2.11. The van der Waals surface area contributed by atoms with Crippen LogP contribution in [0, 0.1) is 0 Å². The molecule has 7 heteroatoms. The molecule has 3 aromatic rings. The van der Waals surface area contributed by atoms with Crippen molar-refractivity contribution < 1.29 is 4.74 Å². The lowest BCUT2D eigenvalue weighted by Gasteiger charge is -2.29. The van der Waals surface area contributed by atoms with E-state index in [-0.39, 0.29) is 0 Å². The monoisotopic (exact) mass is 376 g/mol. The normalized spacial score (nSPS) is 15.3. The molecule has 4 rings (SSSR count). The highest BCUT2D eigenvalue weighted by Crippen LogP contribution is 2.26. The molecule has 7 nitrogen and oxygen atoms in total. The van der Waals surface area contributed by atoms with Crippen LogP contribution in [0.1, 0.15) is 0 Å². The number of aromatic amines is 1. The topological polar surface area (TPSA) is 69.1 Å². The molecule has 0 radical (unpaired) electrons. The quantitative estimate of drug-likeness (QED) is 0.684. The summed E-state index contributed by atoms with van der Waals surface area (Å²) in [6.45, 7) is 3.88. The minimum atomic E-state index is 0.834. The summed E-state index contributed by atoms with van der Waals surface area (Å²) in [7, 11) is 3.79. The number of benzene rings is 2. The fourth-order valence-corrected chi connectivity index (χ4v) is 3.09. The summed E-state index contributed by atoms with van der Waals surface area (Å²) >= 11 is 0. The van der Waals surface area contributed by atoms with Crippen molar-refractivity contribution in [3.8, 4) is 28.3 Å². The van der Waals surface area contributed by atoms with Gasteiger partial charge < -0.3 is 9.64 Å². The van der Waals surface area contributed by atoms with Crippen molar-refractivity contribution in [2.24, 2.45) is 10.3 Å². The van der Waals surface area contributed by atoms with Crippen molar-refractivity contribution in [1.29, 1.82) is 0 Å². The van der Waals surface area contributed by atoms with Crippen LogP contribution in [-0.2, 0) is 0 Å². The maximum absolute atomic E-state index is 5.20. The molecule has 0 amide bonds. The number of H-pyrrole nitrogens is 1. The first-order valence-electron chi connectivity index (χ1n) is 9.37. The summed E-state index contributed by atoms with van der Waals surface area (Å²) in [6, 6.07) is 17.9. The van der Waals surface area contributed by atoms with E-state index < -0.39 is 0 Å². The number of hydrogen-bond acceptors (Lipinski definition) is 5. The average molecular weight is 376 g/mol. The maximum atomic E-state index is 5.20. The molecule has 0 atom stereocenters. The Balaban J connectivity index is 1.43. The molecule has 0 unspecified atom stereocenters. The van der Waals surface area contributed by atoms with Crippen molar-refractivity contribution in [1.82, 2.24) is 20.1 Å². The van der Waals surface area contributed by atoms with E-state index in [1.165, 1.54) is 0 Å². The lowest BCUT2D eigenvalue weighted by atomic mass is 10.1. The molecule has 1 aliphatic rings. The Kier molecular flexibility index (Phi) is 5.34. The van der Waals surface area contributed by atoms with Crippen LogP contribution in [0.4, 0.5) is 5.69 Å². The first-order chi connectivity index (χ1) is 13.7. The van der Waals surface area contributed by atoms with Gasteiger partial charge in [-0.15, -0.1) is 5.11 Å². The Bertz CT molecular complexity index is 924. The minimum Gasteiger partial charge on any atom is -0.497 e. The lowest BCUT2D eigenvalue weighted by Crippen LogP contribution is -2.41. The van der Waals surface area contributed by atoms with Crippen molar-refractivity contribution in [2.45, 2.75) is 0 Å². The molecule has 2 aromatic carbocycles. The third-order valence-electron chi connectivity index (χ3n) is 4.91. The molecular weight excluding hydrogens is 352 g/mol. The second kappa shape index (κ2) is 8.22. The molecule has 0 aliphatic carbocycles. The zero-order valence-corrected chi connectivity index (χ0v) is 16.2. The molecular formula is C21H24N6O. The summed E-state index contributed by atoms with van der Waals surface area (Å²) in [5.74, 6) is 0.834. The van der Waals surface area contributed by atoms with E-state index in [2.05, 4.69) is 32.5 Å². The van der Waals surface area contributed by atoms with Crippen LogP contribution < -0.4 is 4.74 Å². The summed E-state index contributed by atoms with van der Waals surface area (Å²) in [4.78, 5) is 2.30. The second-order valence-corrected chi connectivity index (χ2v) is 6.89. The average Bonchev–Trinajstić information content (AvgIpc) is 3.24. The lowest BCUT2D eigenvalue weighted by molar-refractivity contribution is 0.150. The summed E-state index contributed by atoms with van der Waals surface area (Å²) < 4.78 is 5.20. The molecule has 1 saturated heterocycles. The predicted octanol–water partition coefficient (Wildman–Crippen LogP) is 4.00. The fraction of sp³-hybridized carbons (Fsp3) is 0.286. The third kappa shape index (κ3) is 4.20. The molecule has 1 aliphatic heterocycles. The molecule has 1 N–H and O–H groups in total. The number of nitrogens with zero attached hydrogens (tertiary/aromatic N) is 5. The SMILES string of the molecule is COc1ccc(-c2cc(-c3ccc(N=NN4CCN(C)CC4)cc3)[nH]n2)cc1. The Labute approximate surface area is 164 Å². The van der Waals surface area contributed by atoms with Crippen LogP contribution in [0.2, 0.25) is 0 Å². The largest absolute Gasteiger partial charge is 0.497 e. The highest BCUT2D eigenvalue weighted by atomic mass is 16.5. The van der Waals surface area contributed by atoms with Gasteiger partial charge in [-0.3, -0.25) is 10.1 Å². The van der Waals surface area contributed by atoms with E-state index in [1.54, 1.807) is 7.11 Å². The van der Waals surface area contributed by atoms with Gasteiger partial charge in [0, 0.05) is 18.7 Å². The van der Waals surface area contributed by atoms with Crippen LogP contribution >= 0.6 is 0 Å². The number of ether oxygens (including phenoxy) is 1. The predicted molar refractivity (Wildman–Crippen MR) is 110 cm³/mol. The summed E-state index contributed by atoms with van der Waals surface area (Å²) in [6.07, 6.45) is 0. The number of methoxy groups -OCH3 is 1. The van der Waals surface area contributed by atoms with Gasteiger partial charge in [0.2, 0.25) is 0 Å². The Morgan fingerprint density at radius 2 is 1.61 bits per heavy atom. The van der Waals surface area contributed by atoms with Gasteiger partial charge in [-0.05, 0) is 55.1 Å². The maximum Gasteiger partial charge on any atom is 0.118 e. The first-order valence-corrected chi connectivity index (χ1v) is 9.37. The van der Waals surface area contributed by atoms with Crippen LogP contribution in [0.25, 0.3) is 22.5 Å². The van der Waals surface area contributed by atoms with E-state index in [4.69, 9.17) is 4.74 Å². The molecule has 0 bridgehead atoms. The van der Waals surface area contributed by atoms with Gasteiger partial charge in [-0.1, -0.05) is 17.4 Å². The number of piperazine rings is 1. The zero-order valence-electron chi connectivity index (χ0n) is 16.2. The number of rotatable bonds is 5. The minimum absolute atomic E-state index is 0.834. The van der Waals surface area contributed by atoms with Crippen LogP contribution in [-0.4, -0.2) is 60.4 Å². The van der Waals surface area contributed by atoms with E-state index >= 15 is 0 Å². The molecule has 1 fully saturated rings. The Morgan fingerprint density at radius 1 is 0.929 bits per heavy atom. The number of hydrogen-bond donors (Lipinski definition) is 1. The number of nitrogens with one attached hydrogen (secondary N) is 1. The molecule has 28 heavy (non-hydrogen) atoms. The Morgan fingerprint density at radius 3 is 2.29 bits per heavy atom. The van der Waals surface area contributed by atoms with E-state index in [1.807, 2.05) is 59.6 Å². The van der Waals surface area contributed by atoms with Crippen molar-refractivity contribution >= 4 is 5.69 Å². The fourth-order valence-electron chi connectivity index (χ4n) is 3.09. The van der Waals surface area contributed by atoms with Gasteiger partial charge in [0.05, 0.1) is 37.3 Å². The van der Waals surface area contributed by atoms with Crippen LogP contribution in [0.3, 0.4) is 0 Å². The molecule has 144 valence electrons. The second-order valence-electron chi connectivity index (χ2n) is 6.89. The van der Waals surface area contributed by atoms with E-state index in [0.717, 1.165) is 60.1 Å². The molecule has 1 aromatic heterocycles. The third-order valence-corrected chi connectivity index (χ3v) is 4.91. The smallest absolute Gasteiger partial charge is 0.118 e. The van der Waals surface area contributed by atoms with Gasteiger partial charge in [-0.25, -0.2) is 0 Å². The molecule has 0 saturated carbocycles. The number of aromatic nitrogens is 2. The Hall–Kier alpha value is -3.19. The van der Waals surface area contributed by atoms with Crippen LogP contribution in [0.15, 0.2) is 64.9 Å². The highest BCUT2D eigenvalue weighted by molar-refractivity contribution is 5.69. The zero-order chi connectivity index (χ0) is 19.3. The van der Waals surface area contributed by atoms with E-state index in [0.29, 0.717) is 0 Å². The van der Waals surface area contributed by atoms with Crippen molar-refractivity contribution in [3.63, 3.8) is 0 Å². The van der Waals surface area contributed by atoms with Gasteiger partial charge in [0.25, 0.3) is 0 Å². The molecule has 0 spiro atoms. The molecule has 2 heterocycles. The van der Waals surface area contributed by atoms with Gasteiger partial charge in [-0.2, -0.15) is 5.10 Å². The standard InChI is InChI=1S/C21H24N6O/c1-26-11-13-27(14-12-26)25-22-18-7-3-16(4-8-18)20-15-21(24-23-20)17-5-9-19(28-2)10-6-17/h3-10,15H,11-14H2,1-2H3,(H,23,24). The van der Waals surface area contributed by atoms with Crippen molar-refractivity contribution in [3.05, 3.63) is 54.6 Å².